The van der Waals surface area contributed by atoms with E-state index in [4.69, 9.17) is 0 Å². The van der Waals surface area contributed by atoms with Crippen LogP contribution < -0.4 is 0 Å². The molecule has 1 heterocycles. The highest BCUT2D eigenvalue weighted by atomic mass is 79.9. The van der Waals surface area contributed by atoms with Crippen LogP contribution in [-0.2, 0) is 0 Å². The van der Waals surface area contributed by atoms with Gasteiger partial charge in [0.2, 0.25) is 0 Å². The van der Waals surface area contributed by atoms with E-state index in [1.165, 1.54) is 10.9 Å². The van der Waals surface area contributed by atoms with Crippen molar-refractivity contribution in [2.45, 2.75) is 0 Å². The molecule has 158 valence electrons. The van der Waals surface area contributed by atoms with Gasteiger partial charge in [-0.05, 0) is 15.9 Å². The highest BCUT2D eigenvalue weighted by molar-refractivity contribution is 9.10. The number of imidazole rings is 1. The van der Waals surface area contributed by atoms with Crippen molar-refractivity contribution in [1.29, 1.82) is 0 Å². The molecule has 0 bridgehead atoms. The SMILES string of the molecule is O=C(c1cc([N+](=O)[O-])c(Br)c([N+](=O)[O-])c1)n1cnc(-c2ccccc2)c1-c1ccccc1. The number of carbonyl (C=O) groups is 1. The standard InChI is InChI=1S/C22H13BrN4O5/c23-19-17(26(29)30)11-16(12-18(19)27(31)32)22(28)25-13-24-20(14-7-3-1-4-8-14)21(25)15-9-5-2-6-10-15/h1-13H. The number of hydrogen-bond donors (Lipinski definition) is 0. The first kappa shape index (κ1) is 21.1. The van der Waals surface area contributed by atoms with Crippen LogP contribution in [0.5, 0.6) is 0 Å². The van der Waals surface area contributed by atoms with Gasteiger partial charge < -0.3 is 0 Å². The fraction of sp³-hybridized carbons (Fsp3) is 0. The van der Waals surface area contributed by atoms with Crippen molar-refractivity contribution in [3.63, 3.8) is 0 Å². The third-order valence-corrected chi connectivity index (χ3v) is 5.57. The fourth-order valence-corrected chi connectivity index (χ4v) is 3.82. The molecule has 0 unspecified atom stereocenters. The van der Waals surface area contributed by atoms with Crippen LogP contribution in [0.15, 0.2) is 83.6 Å². The van der Waals surface area contributed by atoms with Gasteiger partial charge in [0, 0.05) is 23.3 Å². The average Bonchev–Trinajstić information content (AvgIpc) is 3.24. The normalized spacial score (nSPS) is 10.7. The highest BCUT2D eigenvalue weighted by Crippen LogP contribution is 2.37. The molecule has 0 aliphatic carbocycles. The number of nitro benzene ring substituents is 2. The molecular formula is C22H13BrN4O5. The molecule has 0 aliphatic rings. The molecule has 0 spiro atoms. The summed E-state index contributed by atoms with van der Waals surface area (Å²) in [4.78, 5) is 39.1. The molecule has 0 N–H and O–H groups in total. The fourth-order valence-electron chi connectivity index (χ4n) is 3.30. The van der Waals surface area contributed by atoms with E-state index in [0.29, 0.717) is 17.0 Å². The van der Waals surface area contributed by atoms with Crippen molar-refractivity contribution in [2.24, 2.45) is 0 Å². The van der Waals surface area contributed by atoms with Gasteiger partial charge in [-0.25, -0.2) is 4.98 Å². The lowest BCUT2D eigenvalue weighted by Crippen LogP contribution is -2.13. The van der Waals surface area contributed by atoms with Crippen LogP contribution in [0.3, 0.4) is 0 Å². The Balaban J connectivity index is 1.93. The minimum absolute atomic E-state index is 0.208. The van der Waals surface area contributed by atoms with Gasteiger partial charge in [0.1, 0.15) is 6.33 Å². The summed E-state index contributed by atoms with van der Waals surface area (Å²) in [7, 11) is 0. The Morgan fingerprint density at radius 1 is 0.844 bits per heavy atom. The van der Waals surface area contributed by atoms with Gasteiger partial charge in [0.25, 0.3) is 17.3 Å². The van der Waals surface area contributed by atoms with E-state index in [-0.39, 0.29) is 10.0 Å². The summed E-state index contributed by atoms with van der Waals surface area (Å²) in [6.45, 7) is 0. The molecule has 0 saturated carbocycles. The Hall–Kier alpha value is -4.18. The van der Waals surface area contributed by atoms with E-state index in [1.807, 2.05) is 36.4 Å². The number of nitrogens with zero attached hydrogens (tertiary/aromatic N) is 4. The second kappa shape index (κ2) is 8.52. The van der Waals surface area contributed by atoms with Gasteiger partial charge in [-0.3, -0.25) is 29.6 Å². The molecule has 0 aliphatic heterocycles. The second-order valence-corrected chi connectivity index (χ2v) is 7.48. The van der Waals surface area contributed by atoms with Gasteiger partial charge >= 0.3 is 0 Å². The van der Waals surface area contributed by atoms with E-state index in [1.54, 1.807) is 24.3 Å². The molecule has 0 amide bonds. The summed E-state index contributed by atoms with van der Waals surface area (Å²) in [5.41, 5.74) is 1.10. The zero-order chi connectivity index (χ0) is 22.8. The van der Waals surface area contributed by atoms with Crippen LogP contribution in [0.1, 0.15) is 10.4 Å². The maximum Gasteiger partial charge on any atom is 0.291 e. The van der Waals surface area contributed by atoms with Crippen molar-refractivity contribution in [1.82, 2.24) is 9.55 Å². The lowest BCUT2D eigenvalue weighted by atomic mass is 10.0. The van der Waals surface area contributed by atoms with Crippen molar-refractivity contribution in [3.8, 4) is 22.5 Å². The summed E-state index contributed by atoms with van der Waals surface area (Å²) in [5.74, 6) is -0.683. The topological polar surface area (TPSA) is 121 Å². The maximum absolute atomic E-state index is 13.4. The lowest BCUT2D eigenvalue weighted by Gasteiger charge is -2.10. The molecule has 0 atom stereocenters. The monoisotopic (exact) mass is 492 g/mol. The molecule has 10 heteroatoms. The first-order valence-electron chi connectivity index (χ1n) is 9.23. The average molecular weight is 493 g/mol. The summed E-state index contributed by atoms with van der Waals surface area (Å²) in [5, 5.41) is 22.8. The van der Waals surface area contributed by atoms with Gasteiger partial charge in [0.15, 0.2) is 4.47 Å². The van der Waals surface area contributed by atoms with Crippen LogP contribution in [0.2, 0.25) is 0 Å². The van der Waals surface area contributed by atoms with Crippen LogP contribution in [-0.4, -0.2) is 25.3 Å². The molecule has 9 nitrogen and oxygen atoms in total. The Morgan fingerprint density at radius 3 is 1.84 bits per heavy atom. The third-order valence-electron chi connectivity index (χ3n) is 4.76. The highest BCUT2D eigenvalue weighted by Gasteiger charge is 2.28. The van der Waals surface area contributed by atoms with Gasteiger partial charge in [-0.1, -0.05) is 60.7 Å². The van der Waals surface area contributed by atoms with Crippen LogP contribution in [0.25, 0.3) is 22.5 Å². The van der Waals surface area contributed by atoms with E-state index in [9.17, 15) is 25.0 Å². The number of benzene rings is 3. The van der Waals surface area contributed by atoms with Gasteiger partial charge in [0.05, 0.1) is 26.8 Å². The number of halogens is 1. The Kier molecular flexibility index (Phi) is 5.61. The number of rotatable bonds is 5. The van der Waals surface area contributed by atoms with E-state index in [2.05, 4.69) is 20.9 Å². The zero-order valence-corrected chi connectivity index (χ0v) is 17.8. The van der Waals surface area contributed by atoms with Crippen molar-refractivity contribution in [2.75, 3.05) is 0 Å². The van der Waals surface area contributed by atoms with Crippen molar-refractivity contribution in [3.05, 3.63) is 109 Å². The molecule has 4 rings (SSSR count). The van der Waals surface area contributed by atoms with Gasteiger partial charge in [-0.2, -0.15) is 0 Å². The summed E-state index contributed by atoms with van der Waals surface area (Å²) >= 11 is 2.89. The number of hydrogen-bond acceptors (Lipinski definition) is 6. The predicted molar refractivity (Wildman–Crippen MR) is 120 cm³/mol. The second-order valence-electron chi connectivity index (χ2n) is 6.69. The minimum Gasteiger partial charge on any atom is -0.268 e. The van der Waals surface area contributed by atoms with E-state index >= 15 is 0 Å². The van der Waals surface area contributed by atoms with Crippen molar-refractivity contribution < 1.29 is 14.6 Å². The van der Waals surface area contributed by atoms with Crippen molar-refractivity contribution >= 4 is 33.2 Å². The first-order chi connectivity index (χ1) is 15.4. The van der Waals surface area contributed by atoms with E-state index < -0.39 is 27.1 Å². The molecule has 0 fully saturated rings. The lowest BCUT2D eigenvalue weighted by molar-refractivity contribution is -0.395. The van der Waals surface area contributed by atoms with Gasteiger partial charge in [-0.15, -0.1) is 0 Å². The Labute approximate surface area is 189 Å². The molecule has 1 aromatic heterocycles. The zero-order valence-electron chi connectivity index (χ0n) is 16.2. The van der Waals surface area contributed by atoms with Crippen LogP contribution in [0, 0.1) is 20.2 Å². The maximum atomic E-state index is 13.4. The molecule has 0 saturated heterocycles. The number of carbonyl (C=O) groups excluding carboxylic acids is 1. The Bertz CT molecular complexity index is 1320. The summed E-state index contributed by atoms with van der Waals surface area (Å²) in [6.07, 6.45) is 1.31. The predicted octanol–water partition coefficient (Wildman–Crippen LogP) is 5.48. The van der Waals surface area contributed by atoms with Crippen LogP contribution >= 0.6 is 15.9 Å². The number of aromatic nitrogens is 2. The minimum atomic E-state index is -0.782. The van der Waals surface area contributed by atoms with Crippen LogP contribution in [0.4, 0.5) is 11.4 Å². The smallest absolute Gasteiger partial charge is 0.268 e. The van der Waals surface area contributed by atoms with E-state index in [0.717, 1.165) is 17.7 Å². The largest absolute Gasteiger partial charge is 0.291 e. The molecule has 4 aromatic rings. The molecular weight excluding hydrogens is 480 g/mol. The number of nitro groups is 2. The molecule has 3 aromatic carbocycles. The Morgan fingerprint density at radius 2 is 1.34 bits per heavy atom. The molecule has 0 radical (unpaired) electrons. The molecule has 32 heavy (non-hydrogen) atoms. The summed E-state index contributed by atoms with van der Waals surface area (Å²) < 4.78 is 0.942. The first-order valence-corrected chi connectivity index (χ1v) is 10.0. The summed E-state index contributed by atoms with van der Waals surface area (Å²) in [6, 6.07) is 20.3. The third kappa shape index (κ3) is 3.79. The quantitative estimate of drug-likeness (QED) is 0.268.